The fraction of sp³-hybridized carbons (Fsp3) is 0.250. The first-order chi connectivity index (χ1) is 9.97. The highest BCUT2D eigenvalue weighted by Gasteiger charge is 2.10. The summed E-state index contributed by atoms with van der Waals surface area (Å²) in [5.74, 6) is 2.60. The highest BCUT2D eigenvalue weighted by molar-refractivity contribution is 9.10. The standard InChI is InChI=1S/C16H15BrN2O2/c1-4-7-21-15-6-5-12(9-14(15)17)8-13(10-18)16(20)19-11(2)3/h1,5-6,8-9,11H,7H2,2-3H3,(H,19,20)/b13-8-. The first-order valence-corrected chi connectivity index (χ1v) is 7.05. The molecule has 0 unspecified atom stereocenters. The average Bonchev–Trinajstić information content (AvgIpc) is 2.43. The van der Waals surface area contributed by atoms with Gasteiger partial charge in [-0.25, -0.2) is 0 Å². The largest absolute Gasteiger partial charge is 0.480 e. The van der Waals surface area contributed by atoms with Crippen LogP contribution in [0.4, 0.5) is 0 Å². The molecule has 0 fully saturated rings. The van der Waals surface area contributed by atoms with Crippen LogP contribution in [0.5, 0.6) is 5.75 Å². The summed E-state index contributed by atoms with van der Waals surface area (Å²) >= 11 is 3.36. The lowest BCUT2D eigenvalue weighted by atomic mass is 10.1. The summed E-state index contributed by atoms with van der Waals surface area (Å²) in [5, 5.41) is 11.8. The molecule has 21 heavy (non-hydrogen) atoms. The molecule has 1 amide bonds. The van der Waals surface area contributed by atoms with Crippen molar-refractivity contribution in [3.05, 3.63) is 33.8 Å². The van der Waals surface area contributed by atoms with E-state index in [2.05, 4.69) is 27.2 Å². The molecule has 0 aliphatic rings. The van der Waals surface area contributed by atoms with Gasteiger partial charge >= 0.3 is 0 Å². The molecule has 0 heterocycles. The first kappa shape index (κ1) is 16.8. The van der Waals surface area contributed by atoms with Crippen LogP contribution in [-0.4, -0.2) is 18.6 Å². The maximum Gasteiger partial charge on any atom is 0.262 e. The van der Waals surface area contributed by atoms with Crippen LogP contribution >= 0.6 is 15.9 Å². The van der Waals surface area contributed by atoms with Gasteiger partial charge in [0.2, 0.25) is 0 Å². The molecule has 1 aromatic rings. The van der Waals surface area contributed by atoms with Gasteiger partial charge < -0.3 is 10.1 Å². The summed E-state index contributed by atoms with van der Waals surface area (Å²) in [6, 6.07) is 7.10. The van der Waals surface area contributed by atoms with Gasteiger partial charge in [0.05, 0.1) is 4.47 Å². The monoisotopic (exact) mass is 346 g/mol. The van der Waals surface area contributed by atoms with Crippen molar-refractivity contribution in [1.82, 2.24) is 5.32 Å². The summed E-state index contributed by atoms with van der Waals surface area (Å²) in [6.07, 6.45) is 6.65. The van der Waals surface area contributed by atoms with Crippen LogP contribution in [0.25, 0.3) is 6.08 Å². The molecule has 0 aromatic heterocycles. The van der Waals surface area contributed by atoms with Gasteiger partial charge in [0.1, 0.15) is 24.0 Å². The molecule has 1 aromatic carbocycles. The minimum Gasteiger partial charge on any atom is -0.480 e. The van der Waals surface area contributed by atoms with Crippen molar-refractivity contribution in [2.45, 2.75) is 19.9 Å². The second-order valence-electron chi connectivity index (χ2n) is 4.48. The molecule has 1 rings (SSSR count). The lowest BCUT2D eigenvalue weighted by Crippen LogP contribution is -2.30. The minimum atomic E-state index is -0.392. The van der Waals surface area contributed by atoms with Gasteiger partial charge in [0, 0.05) is 6.04 Å². The third kappa shape index (κ3) is 5.33. The summed E-state index contributed by atoms with van der Waals surface area (Å²) in [6.45, 7) is 3.84. The average molecular weight is 347 g/mol. The van der Waals surface area contributed by atoms with Gasteiger partial charge in [0.25, 0.3) is 5.91 Å². The molecule has 0 aliphatic carbocycles. The van der Waals surface area contributed by atoms with Crippen LogP contribution in [0.1, 0.15) is 19.4 Å². The molecule has 0 bridgehead atoms. The Kier molecular flexibility index (Phi) is 6.52. The second kappa shape index (κ2) is 8.14. The number of hydrogen-bond acceptors (Lipinski definition) is 3. The van der Waals surface area contributed by atoms with Crippen LogP contribution in [0.3, 0.4) is 0 Å². The third-order valence-corrected chi connectivity index (χ3v) is 2.98. The van der Waals surface area contributed by atoms with E-state index >= 15 is 0 Å². The molecule has 0 saturated carbocycles. The number of nitrogens with one attached hydrogen (secondary N) is 1. The Balaban J connectivity index is 2.98. The van der Waals surface area contributed by atoms with Crippen molar-refractivity contribution in [2.75, 3.05) is 6.61 Å². The number of ether oxygens (including phenoxy) is 1. The van der Waals surface area contributed by atoms with Gasteiger partial charge in [-0.05, 0) is 53.5 Å². The smallest absolute Gasteiger partial charge is 0.262 e. The molecule has 0 saturated heterocycles. The van der Waals surface area contributed by atoms with Gasteiger partial charge in [-0.15, -0.1) is 6.42 Å². The molecular weight excluding hydrogens is 332 g/mol. The first-order valence-electron chi connectivity index (χ1n) is 6.26. The Morgan fingerprint density at radius 2 is 2.29 bits per heavy atom. The van der Waals surface area contributed by atoms with E-state index in [0.717, 1.165) is 0 Å². The Labute approximate surface area is 132 Å². The third-order valence-electron chi connectivity index (χ3n) is 2.36. The maximum absolute atomic E-state index is 11.8. The molecule has 4 nitrogen and oxygen atoms in total. The van der Waals surface area contributed by atoms with Gasteiger partial charge in [-0.3, -0.25) is 4.79 Å². The van der Waals surface area contributed by atoms with E-state index in [1.165, 1.54) is 6.08 Å². The van der Waals surface area contributed by atoms with E-state index in [1.54, 1.807) is 18.2 Å². The van der Waals surface area contributed by atoms with Crippen molar-refractivity contribution in [3.8, 4) is 24.2 Å². The van der Waals surface area contributed by atoms with E-state index < -0.39 is 5.91 Å². The van der Waals surface area contributed by atoms with Crippen LogP contribution in [0.15, 0.2) is 28.2 Å². The molecule has 0 spiro atoms. The molecule has 5 heteroatoms. The highest BCUT2D eigenvalue weighted by atomic mass is 79.9. The summed E-state index contributed by atoms with van der Waals surface area (Å²) in [4.78, 5) is 11.8. The number of nitrogens with zero attached hydrogens (tertiary/aromatic N) is 1. The van der Waals surface area contributed by atoms with Crippen LogP contribution in [0.2, 0.25) is 0 Å². The lowest BCUT2D eigenvalue weighted by Gasteiger charge is -2.08. The number of halogens is 1. The SMILES string of the molecule is C#CCOc1ccc(/C=C(/C#N)C(=O)NC(C)C)cc1Br. The maximum atomic E-state index is 11.8. The predicted octanol–water partition coefficient (Wildman–Crippen LogP) is 2.89. The second-order valence-corrected chi connectivity index (χ2v) is 5.33. The van der Waals surface area contributed by atoms with E-state index in [0.29, 0.717) is 15.8 Å². The van der Waals surface area contributed by atoms with Crippen LogP contribution < -0.4 is 10.1 Å². The zero-order valence-corrected chi connectivity index (χ0v) is 13.4. The summed E-state index contributed by atoms with van der Waals surface area (Å²) in [5.41, 5.74) is 0.762. The zero-order chi connectivity index (χ0) is 15.8. The molecule has 0 radical (unpaired) electrons. The van der Waals surface area contributed by atoms with Crippen molar-refractivity contribution >= 4 is 27.9 Å². The quantitative estimate of drug-likeness (QED) is 0.506. The lowest BCUT2D eigenvalue weighted by molar-refractivity contribution is -0.117. The van der Waals surface area contributed by atoms with Crippen molar-refractivity contribution in [2.24, 2.45) is 0 Å². The Bertz CT molecular complexity index is 637. The number of rotatable bonds is 5. The topological polar surface area (TPSA) is 62.1 Å². The fourth-order valence-corrected chi connectivity index (χ4v) is 2.01. The predicted molar refractivity (Wildman–Crippen MR) is 85.3 cm³/mol. The summed E-state index contributed by atoms with van der Waals surface area (Å²) < 4.78 is 6.03. The Morgan fingerprint density at radius 1 is 1.57 bits per heavy atom. The van der Waals surface area contributed by atoms with E-state index in [-0.39, 0.29) is 18.2 Å². The Morgan fingerprint density at radius 3 is 2.81 bits per heavy atom. The molecule has 0 aliphatic heterocycles. The zero-order valence-electron chi connectivity index (χ0n) is 11.8. The summed E-state index contributed by atoms with van der Waals surface area (Å²) in [7, 11) is 0. The van der Waals surface area contributed by atoms with E-state index in [9.17, 15) is 4.79 Å². The number of carbonyl (C=O) groups excluding carboxylic acids is 1. The molecule has 108 valence electrons. The van der Waals surface area contributed by atoms with Gasteiger partial charge in [-0.1, -0.05) is 12.0 Å². The molecule has 0 atom stereocenters. The number of terminal acetylenes is 1. The fourth-order valence-electron chi connectivity index (χ4n) is 1.50. The van der Waals surface area contributed by atoms with Crippen molar-refractivity contribution in [1.29, 1.82) is 5.26 Å². The number of hydrogen-bond donors (Lipinski definition) is 1. The van der Waals surface area contributed by atoms with Crippen LogP contribution in [0, 0.1) is 23.7 Å². The Hall–Kier alpha value is -2.24. The van der Waals surface area contributed by atoms with E-state index in [4.69, 9.17) is 16.4 Å². The van der Waals surface area contributed by atoms with Crippen LogP contribution in [-0.2, 0) is 4.79 Å². The van der Waals surface area contributed by atoms with Crippen molar-refractivity contribution < 1.29 is 9.53 Å². The number of amides is 1. The van der Waals surface area contributed by atoms with Gasteiger partial charge in [-0.2, -0.15) is 5.26 Å². The number of carbonyl (C=O) groups is 1. The minimum absolute atomic E-state index is 0.0273. The van der Waals surface area contributed by atoms with Gasteiger partial charge in [0.15, 0.2) is 0 Å². The molecule has 1 N–H and O–H groups in total. The normalized spacial score (nSPS) is 10.7. The number of benzene rings is 1. The number of nitriles is 1. The van der Waals surface area contributed by atoms with Crippen molar-refractivity contribution in [3.63, 3.8) is 0 Å². The van der Waals surface area contributed by atoms with E-state index in [1.807, 2.05) is 19.9 Å². The molecular formula is C16H15BrN2O2. The highest BCUT2D eigenvalue weighted by Crippen LogP contribution is 2.26.